The second-order valence-electron chi connectivity index (χ2n) is 7.60. The van der Waals surface area contributed by atoms with Gasteiger partial charge in [0.05, 0.1) is 45.2 Å². The Balaban J connectivity index is 1.56. The van der Waals surface area contributed by atoms with Gasteiger partial charge >= 0.3 is 0 Å². The van der Waals surface area contributed by atoms with E-state index in [1.54, 1.807) is 30.7 Å². The monoisotopic (exact) mass is 438 g/mol. The minimum Gasteiger partial charge on any atom is -0.343 e. The Hall–Kier alpha value is -2.89. The molecule has 0 bridgehead atoms. The Morgan fingerprint density at radius 2 is 1.83 bits per heavy atom. The van der Waals surface area contributed by atoms with Crippen LogP contribution in [0, 0.1) is 0 Å². The highest BCUT2D eigenvalue weighted by Crippen LogP contribution is 2.23. The average molecular weight is 439 g/mol. The van der Waals surface area contributed by atoms with E-state index in [9.17, 15) is 4.79 Å². The molecule has 0 atom stereocenters. The van der Waals surface area contributed by atoms with Gasteiger partial charge in [-0.25, -0.2) is 4.98 Å². The summed E-state index contributed by atoms with van der Waals surface area (Å²) in [5.74, 6) is -0.150. The SMILES string of the molecule is CC(C)(NC(=O)c1ccc2c(c1)ncn2Cc1ncc(Cl)cc1Cl)c1ccccc1. The summed E-state index contributed by atoms with van der Waals surface area (Å²) in [6.07, 6.45) is 3.28. The molecule has 0 aliphatic heterocycles. The van der Waals surface area contributed by atoms with Crippen molar-refractivity contribution in [1.82, 2.24) is 19.9 Å². The normalized spacial score (nSPS) is 11.6. The van der Waals surface area contributed by atoms with Gasteiger partial charge in [-0.2, -0.15) is 0 Å². The van der Waals surface area contributed by atoms with Crippen molar-refractivity contribution in [1.29, 1.82) is 0 Å². The molecule has 0 unspecified atom stereocenters. The standard InChI is InChI=1S/C23H20Cl2N4O/c1-23(2,16-6-4-3-5-7-16)28-22(30)15-8-9-21-19(10-15)27-14-29(21)13-20-18(25)11-17(24)12-26-20/h3-12,14H,13H2,1-2H3,(H,28,30). The molecular weight excluding hydrogens is 419 g/mol. The smallest absolute Gasteiger partial charge is 0.252 e. The van der Waals surface area contributed by atoms with Gasteiger partial charge < -0.3 is 9.88 Å². The summed E-state index contributed by atoms with van der Waals surface area (Å²) in [6.45, 7) is 4.42. The lowest BCUT2D eigenvalue weighted by Gasteiger charge is -2.27. The quantitative estimate of drug-likeness (QED) is 0.450. The highest BCUT2D eigenvalue weighted by atomic mass is 35.5. The van der Waals surface area contributed by atoms with Gasteiger partial charge in [0.2, 0.25) is 0 Å². The lowest BCUT2D eigenvalue weighted by atomic mass is 9.94. The molecule has 30 heavy (non-hydrogen) atoms. The average Bonchev–Trinajstić information content (AvgIpc) is 3.12. The van der Waals surface area contributed by atoms with E-state index in [1.165, 1.54) is 0 Å². The molecule has 0 saturated carbocycles. The first-order chi connectivity index (χ1) is 14.3. The van der Waals surface area contributed by atoms with Crippen molar-refractivity contribution in [2.75, 3.05) is 0 Å². The largest absolute Gasteiger partial charge is 0.343 e. The van der Waals surface area contributed by atoms with Crippen LogP contribution in [0.2, 0.25) is 10.0 Å². The fraction of sp³-hybridized carbons (Fsp3) is 0.174. The third-order valence-electron chi connectivity index (χ3n) is 5.01. The lowest BCUT2D eigenvalue weighted by molar-refractivity contribution is 0.0912. The third kappa shape index (κ3) is 4.18. The molecule has 2 aromatic carbocycles. The molecule has 4 rings (SSSR count). The van der Waals surface area contributed by atoms with Crippen molar-refractivity contribution in [2.24, 2.45) is 0 Å². The summed E-state index contributed by atoms with van der Waals surface area (Å²) >= 11 is 12.2. The van der Waals surface area contributed by atoms with Crippen LogP contribution in [0.1, 0.15) is 35.5 Å². The minimum absolute atomic E-state index is 0.150. The first kappa shape index (κ1) is 20.4. The summed E-state index contributed by atoms with van der Waals surface area (Å²) in [4.78, 5) is 21.6. The molecule has 2 aromatic heterocycles. The van der Waals surface area contributed by atoms with Crippen LogP contribution in [-0.2, 0) is 12.1 Å². The summed E-state index contributed by atoms with van der Waals surface area (Å²) in [7, 11) is 0. The zero-order chi connectivity index (χ0) is 21.3. The van der Waals surface area contributed by atoms with Gasteiger partial charge in [0.15, 0.2) is 0 Å². The first-order valence-electron chi connectivity index (χ1n) is 9.46. The van der Waals surface area contributed by atoms with E-state index in [-0.39, 0.29) is 5.91 Å². The van der Waals surface area contributed by atoms with Crippen LogP contribution < -0.4 is 5.32 Å². The Morgan fingerprint density at radius 1 is 1.07 bits per heavy atom. The maximum absolute atomic E-state index is 12.9. The summed E-state index contributed by atoms with van der Waals surface area (Å²) in [6, 6.07) is 17.0. The van der Waals surface area contributed by atoms with E-state index < -0.39 is 5.54 Å². The molecule has 1 N–H and O–H groups in total. The molecular formula is C23H20Cl2N4O. The van der Waals surface area contributed by atoms with E-state index >= 15 is 0 Å². The van der Waals surface area contributed by atoms with Gasteiger partial charge in [0.1, 0.15) is 0 Å². The van der Waals surface area contributed by atoms with Crippen LogP contribution in [0.3, 0.4) is 0 Å². The number of pyridine rings is 1. The molecule has 152 valence electrons. The molecule has 7 heteroatoms. The number of imidazole rings is 1. The predicted molar refractivity (Wildman–Crippen MR) is 120 cm³/mol. The summed E-state index contributed by atoms with van der Waals surface area (Å²) in [5, 5.41) is 4.10. The summed E-state index contributed by atoms with van der Waals surface area (Å²) in [5.41, 5.74) is 3.41. The van der Waals surface area contributed by atoms with Crippen LogP contribution >= 0.6 is 23.2 Å². The van der Waals surface area contributed by atoms with Crippen molar-refractivity contribution in [3.63, 3.8) is 0 Å². The molecule has 0 aliphatic carbocycles. The van der Waals surface area contributed by atoms with E-state index in [4.69, 9.17) is 23.2 Å². The van der Waals surface area contributed by atoms with Gasteiger partial charge in [-0.15, -0.1) is 0 Å². The minimum atomic E-state index is -0.496. The number of amides is 1. The van der Waals surface area contributed by atoms with Crippen LogP contribution in [-0.4, -0.2) is 20.4 Å². The van der Waals surface area contributed by atoms with Crippen LogP contribution in [0.4, 0.5) is 0 Å². The Labute approximate surface area is 184 Å². The number of nitrogens with zero attached hydrogens (tertiary/aromatic N) is 3. The third-order valence-corrected chi connectivity index (χ3v) is 5.54. The van der Waals surface area contributed by atoms with Gasteiger partial charge in [-0.3, -0.25) is 9.78 Å². The number of halogens is 2. The molecule has 1 amide bonds. The number of fused-ring (bicyclic) bond motifs is 1. The molecule has 0 spiro atoms. The van der Waals surface area contributed by atoms with Crippen LogP contribution in [0.15, 0.2) is 67.1 Å². The fourth-order valence-electron chi connectivity index (χ4n) is 3.33. The van der Waals surface area contributed by atoms with Crippen LogP contribution in [0.25, 0.3) is 11.0 Å². The first-order valence-corrected chi connectivity index (χ1v) is 10.2. The van der Waals surface area contributed by atoms with Gasteiger partial charge in [-0.1, -0.05) is 53.5 Å². The number of nitrogens with one attached hydrogen (secondary N) is 1. The number of aromatic nitrogens is 3. The Bertz CT molecular complexity index is 1220. The van der Waals surface area contributed by atoms with Gasteiger partial charge in [0, 0.05) is 11.8 Å². The highest BCUT2D eigenvalue weighted by molar-refractivity contribution is 6.34. The second-order valence-corrected chi connectivity index (χ2v) is 8.45. The van der Waals surface area contributed by atoms with E-state index in [0.29, 0.717) is 27.8 Å². The fourth-order valence-corrected chi connectivity index (χ4v) is 3.77. The molecule has 2 heterocycles. The number of hydrogen-bond donors (Lipinski definition) is 1. The van der Waals surface area contributed by atoms with Crippen molar-refractivity contribution in [2.45, 2.75) is 25.9 Å². The number of rotatable bonds is 5. The van der Waals surface area contributed by atoms with E-state index in [0.717, 1.165) is 16.6 Å². The van der Waals surface area contributed by atoms with E-state index in [1.807, 2.05) is 54.8 Å². The van der Waals surface area contributed by atoms with Crippen LogP contribution in [0.5, 0.6) is 0 Å². The van der Waals surface area contributed by atoms with Crippen molar-refractivity contribution >= 4 is 40.1 Å². The molecule has 0 saturated heterocycles. The number of hydrogen-bond acceptors (Lipinski definition) is 3. The molecule has 4 aromatic rings. The number of benzene rings is 2. The Morgan fingerprint density at radius 3 is 2.57 bits per heavy atom. The predicted octanol–water partition coefficient (Wildman–Crippen LogP) is 5.45. The Kier molecular flexibility index (Phi) is 5.50. The van der Waals surface area contributed by atoms with Crippen molar-refractivity contribution < 1.29 is 4.79 Å². The maximum Gasteiger partial charge on any atom is 0.252 e. The maximum atomic E-state index is 12.9. The van der Waals surface area contributed by atoms with Gasteiger partial charge in [0.25, 0.3) is 5.91 Å². The number of carbonyl (C=O) groups is 1. The van der Waals surface area contributed by atoms with Crippen molar-refractivity contribution in [3.8, 4) is 0 Å². The molecule has 0 fully saturated rings. The van der Waals surface area contributed by atoms with Crippen molar-refractivity contribution in [3.05, 3.63) is 94.0 Å². The molecule has 0 radical (unpaired) electrons. The topological polar surface area (TPSA) is 59.8 Å². The molecule has 0 aliphatic rings. The van der Waals surface area contributed by atoms with E-state index in [2.05, 4.69) is 15.3 Å². The zero-order valence-electron chi connectivity index (χ0n) is 16.6. The lowest BCUT2D eigenvalue weighted by Crippen LogP contribution is -2.40. The second kappa shape index (κ2) is 8.09. The number of carbonyl (C=O) groups excluding carboxylic acids is 1. The molecule has 5 nitrogen and oxygen atoms in total. The zero-order valence-corrected chi connectivity index (χ0v) is 18.1. The summed E-state index contributed by atoms with van der Waals surface area (Å²) < 4.78 is 1.94. The van der Waals surface area contributed by atoms with Gasteiger partial charge in [-0.05, 0) is 43.7 Å². The highest BCUT2D eigenvalue weighted by Gasteiger charge is 2.23.